The van der Waals surface area contributed by atoms with E-state index in [0.29, 0.717) is 13.1 Å². The highest BCUT2D eigenvalue weighted by Crippen LogP contribution is 2.33. The maximum Gasteiger partial charge on any atom is 0.419 e. The van der Waals surface area contributed by atoms with Gasteiger partial charge < -0.3 is 15.5 Å². The molecule has 1 aromatic rings. The van der Waals surface area contributed by atoms with Crippen molar-refractivity contribution in [3.8, 4) is 0 Å². The minimum absolute atomic E-state index is 0.0564. The van der Waals surface area contributed by atoms with Gasteiger partial charge in [-0.05, 0) is 19.1 Å². The van der Waals surface area contributed by atoms with Crippen LogP contribution in [0.1, 0.15) is 18.9 Å². The Labute approximate surface area is 137 Å². The van der Waals surface area contributed by atoms with E-state index in [9.17, 15) is 22.8 Å². The topological polar surface area (TPSA) is 74.3 Å². The van der Waals surface area contributed by atoms with Crippen molar-refractivity contribution in [2.24, 2.45) is 5.92 Å². The summed E-state index contributed by atoms with van der Waals surface area (Å²) < 4.78 is 38.4. The van der Waals surface area contributed by atoms with Crippen LogP contribution >= 0.6 is 0 Å². The molecule has 0 aliphatic carbocycles. The van der Waals surface area contributed by atoms with Gasteiger partial charge in [-0.25, -0.2) is 4.98 Å². The second-order valence-corrected chi connectivity index (χ2v) is 5.45. The monoisotopic (exact) mass is 344 g/mol. The van der Waals surface area contributed by atoms with Crippen LogP contribution in [0.4, 0.5) is 19.0 Å². The summed E-state index contributed by atoms with van der Waals surface area (Å²) in [6.07, 6.45) is -3.06. The molecule has 1 fully saturated rings. The average Bonchev–Trinajstić information content (AvgIpc) is 2.92. The highest BCUT2D eigenvalue weighted by Gasteiger charge is 2.34. The van der Waals surface area contributed by atoms with E-state index in [1.807, 2.05) is 6.92 Å². The Balaban J connectivity index is 1.80. The van der Waals surface area contributed by atoms with Crippen molar-refractivity contribution >= 4 is 17.6 Å². The lowest BCUT2D eigenvalue weighted by atomic mass is 10.1. The Morgan fingerprint density at radius 3 is 2.79 bits per heavy atom. The fourth-order valence-corrected chi connectivity index (χ4v) is 2.54. The molecule has 9 heteroatoms. The lowest BCUT2D eigenvalue weighted by Gasteiger charge is -2.15. The van der Waals surface area contributed by atoms with Crippen LogP contribution in [0.15, 0.2) is 18.3 Å². The Morgan fingerprint density at radius 2 is 2.17 bits per heavy atom. The van der Waals surface area contributed by atoms with Gasteiger partial charge in [-0.1, -0.05) is 0 Å². The normalized spacial score (nSPS) is 17.9. The van der Waals surface area contributed by atoms with Crippen LogP contribution in [0, 0.1) is 5.92 Å². The van der Waals surface area contributed by atoms with Crippen molar-refractivity contribution in [2.45, 2.75) is 19.5 Å². The zero-order valence-corrected chi connectivity index (χ0v) is 13.2. The summed E-state index contributed by atoms with van der Waals surface area (Å²) in [4.78, 5) is 28.8. The third-order valence-corrected chi connectivity index (χ3v) is 3.80. The quantitative estimate of drug-likeness (QED) is 0.767. The molecule has 2 amide bonds. The van der Waals surface area contributed by atoms with Crippen molar-refractivity contribution in [2.75, 3.05) is 31.5 Å². The van der Waals surface area contributed by atoms with Crippen LogP contribution in [0.2, 0.25) is 0 Å². The van der Waals surface area contributed by atoms with Crippen molar-refractivity contribution in [1.29, 1.82) is 0 Å². The first-order valence-electron chi connectivity index (χ1n) is 7.64. The van der Waals surface area contributed by atoms with Gasteiger partial charge in [0.25, 0.3) is 0 Å². The molecule has 0 saturated carbocycles. The van der Waals surface area contributed by atoms with Crippen LogP contribution in [0.3, 0.4) is 0 Å². The van der Waals surface area contributed by atoms with Crippen LogP contribution < -0.4 is 10.6 Å². The molecule has 2 heterocycles. The summed E-state index contributed by atoms with van der Waals surface area (Å²) in [7, 11) is 0. The molecule has 0 aromatic carbocycles. The number of likely N-dealkylation sites (tertiary alicyclic amines) is 1. The summed E-state index contributed by atoms with van der Waals surface area (Å²) in [5.41, 5.74) is -0.851. The fraction of sp³-hybridized carbons (Fsp3) is 0.533. The first-order chi connectivity index (χ1) is 11.3. The van der Waals surface area contributed by atoms with E-state index >= 15 is 0 Å². The molecule has 6 nitrogen and oxygen atoms in total. The van der Waals surface area contributed by atoms with Gasteiger partial charge in [0.2, 0.25) is 11.8 Å². The minimum Gasteiger partial charge on any atom is -0.368 e. The lowest BCUT2D eigenvalue weighted by Crippen LogP contribution is -2.35. The van der Waals surface area contributed by atoms with Gasteiger partial charge in [-0.15, -0.1) is 0 Å². The van der Waals surface area contributed by atoms with E-state index in [1.165, 1.54) is 12.3 Å². The molecule has 2 rings (SSSR count). The predicted molar refractivity (Wildman–Crippen MR) is 81.1 cm³/mol. The van der Waals surface area contributed by atoms with E-state index in [0.717, 1.165) is 6.07 Å². The van der Waals surface area contributed by atoms with Gasteiger partial charge in [0.1, 0.15) is 5.82 Å². The van der Waals surface area contributed by atoms with Gasteiger partial charge in [-0.3, -0.25) is 9.59 Å². The number of carbonyl (C=O) groups excluding carboxylic acids is 2. The summed E-state index contributed by atoms with van der Waals surface area (Å²) in [6.45, 7) is 3.03. The van der Waals surface area contributed by atoms with Crippen molar-refractivity contribution < 1.29 is 22.8 Å². The van der Waals surface area contributed by atoms with Crippen LogP contribution in [0.25, 0.3) is 0 Å². The summed E-state index contributed by atoms with van der Waals surface area (Å²) in [5.74, 6) is -0.997. The first kappa shape index (κ1) is 18.0. The second kappa shape index (κ2) is 7.50. The molecule has 1 atom stereocenters. The highest BCUT2D eigenvalue weighted by molar-refractivity contribution is 5.89. The third-order valence-electron chi connectivity index (χ3n) is 3.80. The Hall–Kier alpha value is -2.32. The lowest BCUT2D eigenvalue weighted by molar-refractivity contribution is -0.137. The number of hydrogen-bond acceptors (Lipinski definition) is 4. The Kier molecular flexibility index (Phi) is 5.63. The molecule has 0 bridgehead atoms. The third kappa shape index (κ3) is 4.36. The average molecular weight is 344 g/mol. The Bertz CT molecular complexity index is 607. The summed E-state index contributed by atoms with van der Waals surface area (Å²) in [6, 6.07) is 2.16. The first-order valence-corrected chi connectivity index (χ1v) is 7.64. The maximum atomic E-state index is 12.8. The maximum absolute atomic E-state index is 12.8. The van der Waals surface area contributed by atoms with Gasteiger partial charge in [0.05, 0.1) is 11.5 Å². The van der Waals surface area contributed by atoms with Gasteiger partial charge >= 0.3 is 6.18 Å². The minimum atomic E-state index is -4.49. The molecule has 1 aliphatic heterocycles. The van der Waals surface area contributed by atoms with E-state index < -0.39 is 17.7 Å². The number of aromatic nitrogens is 1. The number of hydrogen-bond donors (Lipinski definition) is 2. The number of carbonyl (C=O) groups is 2. The number of nitrogens with zero attached hydrogens (tertiary/aromatic N) is 2. The van der Waals surface area contributed by atoms with E-state index in [1.54, 1.807) is 4.90 Å². The SMILES string of the molecule is CCN1CC(C(=O)NCCNc2ncccc2C(F)(F)F)CC1=O. The molecular formula is C15H19F3N4O2. The molecular weight excluding hydrogens is 325 g/mol. The molecule has 2 N–H and O–H groups in total. The molecule has 1 unspecified atom stereocenters. The zero-order chi connectivity index (χ0) is 17.7. The Morgan fingerprint density at radius 1 is 1.42 bits per heavy atom. The molecule has 1 aromatic heterocycles. The number of rotatable bonds is 6. The highest BCUT2D eigenvalue weighted by atomic mass is 19.4. The standard InChI is InChI=1S/C15H19F3N4O2/c1-2-22-9-10(8-12(22)23)14(24)21-7-6-20-13-11(15(16,17)18)4-3-5-19-13/h3-5,10H,2,6-9H2,1H3,(H,19,20)(H,21,24). The largest absolute Gasteiger partial charge is 0.419 e. The molecule has 0 radical (unpaired) electrons. The summed E-state index contributed by atoms with van der Waals surface area (Å²) in [5, 5.41) is 5.20. The van der Waals surface area contributed by atoms with Crippen LogP contribution in [-0.2, 0) is 15.8 Å². The van der Waals surface area contributed by atoms with Crippen molar-refractivity contribution in [1.82, 2.24) is 15.2 Å². The van der Waals surface area contributed by atoms with Crippen LogP contribution in [-0.4, -0.2) is 47.9 Å². The molecule has 1 saturated heterocycles. The molecule has 132 valence electrons. The van der Waals surface area contributed by atoms with Crippen molar-refractivity contribution in [3.05, 3.63) is 23.9 Å². The summed E-state index contributed by atoms with van der Waals surface area (Å²) >= 11 is 0. The second-order valence-electron chi connectivity index (χ2n) is 5.45. The molecule has 0 spiro atoms. The zero-order valence-electron chi connectivity index (χ0n) is 13.2. The van der Waals surface area contributed by atoms with E-state index in [4.69, 9.17) is 0 Å². The number of pyridine rings is 1. The fourth-order valence-electron chi connectivity index (χ4n) is 2.54. The van der Waals surface area contributed by atoms with Crippen molar-refractivity contribution in [3.63, 3.8) is 0 Å². The van der Waals surface area contributed by atoms with E-state index in [2.05, 4.69) is 15.6 Å². The van der Waals surface area contributed by atoms with Gasteiger partial charge in [0, 0.05) is 38.8 Å². The molecule has 24 heavy (non-hydrogen) atoms. The van der Waals surface area contributed by atoms with Crippen LogP contribution in [0.5, 0.6) is 0 Å². The predicted octanol–water partition coefficient (Wildman–Crippen LogP) is 1.50. The van der Waals surface area contributed by atoms with Gasteiger partial charge in [-0.2, -0.15) is 13.2 Å². The number of alkyl halides is 3. The number of halogens is 3. The number of nitrogens with one attached hydrogen (secondary N) is 2. The number of anilines is 1. The van der Waals surface area contributed by atoms with E-state index in [-0.39, 0.29) is 37.1 Å². The molecule has 1 aliphatic rings. The van der Waals surface area contributed by atoms with Gasteiger partial charge in [0.15, 0.2) is 0 Å². The smallest absolute Gasteiger partial charge is 0.368 e. The number of amides is 2.